The molecule has 0 aromatic heterocycles. The molecule has 0 fully saturated rings. The van der Waals surface area contributed by atoms with Gasteiger partial charge in [0, 0.05) is 19.8 Å². The average molecular weight is 179 g/mol. The van der Waals surface area contributed by atoms with Gasteiger partial charge in [0.1, 0.15) is 9.84 Å². The van der Waals surface area contributed by atoms with E-state index < -0.39 is 9.84 Å². The van der Waals surface area contributed by atoms with Gasteiger partial charge in [0.2, 0.25) is 0 Å². The Labute approximate surface area is 66.6 Å². The zero-order valence-electron chi connectivity index (χ0n) is 6.66. The molecule has 5 nitrogen and oxygen atoms in total. The van der Waals surface area contributed by atoms with Gasteiger partial charge in [0.15, 0.2) is 5.96 Å². The summed E-state index contributed by atoms with van der Waals surface area (Å²) in [4.78, 5) is 3.60. The molecule has 0 rings (SSSR count). The fourth-order valence-corrected chi connectivity index (χ4v) is 0.916. The Morgan fingerprint density at radius 3 is 2.55 bits per heavy atom. The highest BCUT2D eigenvalue weighted by molar-refractivity contribution is 7.90. The van der Waals surface area contributed by atoms with Crippen LogP contribution in [-0.4, -0.2) is 40.0 Å². The maximum absolute atomic E-state index is 10.6. The number of aliphatic imine (C=N–C) groups is 1. The highest BCUT2D eigenvalue weighted by Gasteiger charge is 2.00. The van der Waals surface area contributed by atoms with Crippen molar-refractivity contribution in [3.63, 3.8) is 0 Å². The minimum absolute atomic E-state index is 0.0726. The van der Waals surface area contributed by atoms with Gasteiger partial charge in [-0.25, -0.2) is 8.42 Å². The lowest BCUT2D eigenvalue weighted by molar-refractivity contribution is 0.600. The van der Waals surface area contributed by atoms with Crippen LogP contribution in [0.4, 0.5) is 0 Å². The number of guanidine groups is 1. The van der Waals surface area contributed by atoms with Gasteiger partial charge in [-0.15, -0.1) is 0 Å². The van der Waals surface area contributed by atoms with E-state index in [1.165, 1.54) is 13.3 Å². The minimum Gasteiger partial charge on any atom is -0.370 e. The third-order valence-electron chi connectivity index (χ3n) is 1.02. The van der Waals surface area contributed by atoms with Crippen LogP contribution in [0.15, 0.2) is 4.99 Å². The molecule has 6 heteroatoms. The number of nitrogens with zero attached hydrogens (tertiary/aromatic N) is 1. The van der Waals surface area contributed by atoms with E-state index in [0.717, 1.165) is 0 Å². The van der Waals surface area contributed by atoms with Crippen LogP contribution in [0.2, 0.25) is 0 Å². The van der Waals surface area contributed by atoms with Gasteiger partial charge in [0.25, 0.3) is 0 Å². The van der Waals surface area contributed by atoms with Crippen molar-refractivity contribution in [1.29, 1.82) is 0 Å². The summed E-state index contributed by atoms with van der Waals surface area (Å²) >= 11 is 0. The molecule has 0 spiro atoms. The van der Waals surface area contributed by atoms with Crippen LogP contribution < -0.4 is 11.1 Å². The summed E-state index contributed by atoms with van der Waals surface area (Å²) in [6, 6.07) is 0. The monoisotopic (exact) mass is 179 g/mol. The second-order valence-electron chi connectivity index (χ2n) is 2.17. The average Bonchev–Trinajstić information content (AvgIpc) is 1.85. The first-order valence-corrected chi connectivity index (χ1v) is 5.15. The molecule has 0 unspecified atom stereocenters. The number of hydrogen-bond acceptors (Lipinski definition) is 3. The SMILES string of the molecule is CN=C(N)NCCS(C)(=O)=O. The van der Waals surface area contributed by atoms with Gasteiger partial charge in [-0.1, -0.05) is 0 Å². The van der Waals surface area contributed by atoms with Gasteiger partial charge in [-0.2, -0.15) is 0 Å². The second kappa shape index (κ2) is 4.17. The summed E-state index contributed by atoms with van der Waals surface area (Å²) in [6.07, 6.45) is 1.17. The molecular formula is C5H13N3O2S. The van der Waals surface area contributed by atoms with Crippen molar-refractivity contribution in [1.82, 2.24) is 5.32 Å². The Kier molecular flexibility index (Phi) is 3.88. The molecule has 3 N–H and O–H groups in total. The van der Waals surface area contributed by atoms with Crippen LogP contribution in [0.1, 0.15) is 0 Å². The number of nitrogens with two attached hydrogens (primary N) is 1. The highest BCUT2D eigenvalue weighted by atomic mass is 32.2. The number of rotatable bonds is 3. The third-order valence-corrected chi connectivity index (χ3v) is 1.97. The van der Waals surface area contributed by atoms with E-state index in [1.807, 2.05) is 0 Å². The van der Waals surface area contributed by atoms with E-state index in [0.29, 0.717) is 6.54 Å². The van der Waals surface area contributed by atoms with E-state index in [1.54, 1.807) is 0 Å². The predicted octanol–water partition coefficient (Wildman–Crippen LogP) is -1.43. The molecule has 0 atom stereocenters. The van der Waals surface area contributed by atoms with Gasteiger partial charge in [0.05, 0.1) is 5.75 Å². The summed E-state index contributed by atoms with van der Waals surface area (Å²) in [6.45, 7) is 0.308. The zero-order chi connectivity index (χ0) is 8.91. The molecule has 0 aliphatic rings. The van der Waals surface area contributed by atoms with Crippen molar-refractivity contribution >= 4 is 15.8 Å². The van der Waals surface area contributed by atoms with E-state index in [2.05, 4.69) is 10.3 Å². The van der Waals surface area contributed by atoms with Crippen molar-refractivity contribution in [2.45, 2.75) is 0 Å². The van der Waals surface area contributed by atoms with Crippen LogP contribution in [0.5, 0.6) is 0 Å². The molecule has 0 aromatic carbocycles. The van der Waals surface area contributed by atoms with Crippen LogP contribution in [-0.2, 0) is 9.84 Å². The fourth-order valence-electron chi connectivity index (χ4n) is 0.444. The fraction of sp³-hybridized carbons (Fsp3) is 0.800. The summed E-state index contributed by atoms with van der Waals surface area (Å²) in [5, 5.41) is 2.64. The maximum atomic E-state index is 10.6. The van der Waals surface area contributed by atoms with Gasteiger partial charge in [-0.3, -0.25) is 4.99 Å². The van der Waals surface area contributed by atoms with E-state index in [9.17, 15) is 8.42 Å². The lowest BCUT2D eigenvalue weighted by Crippen LogP contribution is -2.34. The first-order valence-electron chi connectivity index (χ1n) is 3.09. The largest absolute Gasteiger partial charge is 0.370 e. The van der Waals surface area contributed by atoms with E-state index in [4.69, 9.17) is 5.73 Å². The Morgan fingerprint density at radius 1 is 1.64 bits per heavy atom. The first kappa shape index (κ1) is 10.2. The third kappa shape index (κ3) is 7.11. The highest BCUT2D eigenvalue weighted by Crippen LogP contribution is 1.78. The summed E-state index contributed by atoms with van der Waals surface area (Å²) in [5.41, 5.74) is 5.25. The summed E-state index contributed by atoms with van der Waals surface area (Å²) in [5.74, 6) is 0.331. The standard InChI is InChI=1S/C5H13N3O2S/c1-7-5(6)8-3-4-11(2,9)10/h3-4H2,1-2H3,(H3,6,7,8). The molecule has 0 bridgehead atoms. The molecule has 0 radical (unpaired) electrons. The Hall–Kier alpha value is -0.780. The molecule has 0 aliphatic carbocycles. The summed E-state index contributed by atoms with van der Waals surface area (Å²) in [7, 11) is -1.37. The van der Waals surface area contributed by atoms with E-state index >= 15 is 0 Å². The Balaban J connectivity index is 3.60. The van der Waals surface area contributed by atoms with Crippen molar-refractivity contribution in [2.24, 2.45) is 10.7 Å². The normalized spacial score (nSPS) is 13.1. The maximum Gasteiger partial charge on any atom is 0.188 e. The Bertz CT molecular complexity index is 232. The molecule has 0 saturated heterocycles. The van der Waals surface area contributed by atoms with Crippen molar-refractivity contribution in [2.75, 3.05) is 25.6 Å². The second-order valence-corrected chi connectivity index (χ2v) is 4.43. The quantitative estimate of drug-likeness (QED) is 0.411. The van der Waals surface area contributed by atoms with Crippen molar-refractivity contribution in [3.8, 4) is 0 Å². The number of sulfone groups is 1. The molecule has 0 amide bonds. The number of nitrogens with one attached hydrogen (secondary N) is 1. The lowest BCUT2D eigenvalue weighted by Gasteiger charge is -2.01. The molecule has 66 valence electrons. The molecule has 11 heavy (non-hydrogen) atoms. The molecule has 0 aromatic rings. The molecule has 0 aliphatic heterocycles. The first-order chi connectivity index (χ1) is 4.95. The molecule has 0 saturated carbocycles. The van der Waals surface area contributed by atoms with Crippen LogP contribution in [0.3, 0.4) is 0 Å². The smallest absolute Gasteiger partial charge is 0.188 e. The van der Waals surface area contributed by atoms with Crippen molar-refractivity contribution < 1.29 is 8.42 Å². The van der Waals surface area contributed by atoms with Crippen molar-refractivity contribution in [3.05, 3.63) is 0 Å². The predicted molar refractivity (Wildman–Crippen MR) is 45.3 cm³/mol. The van der Waals surface area contributed by atoms with Crippen LogP contribution in [0, 0.1) is 0 Å². The van der Waals surface area contributed by atoms with Gasteiger partial charge >= 0.3 is 0 Å². The van der Waals surface area contributed by atoms with Crippen LogP contribution >= 0.6 is 0 Å². The topological polar surface area (TPSA) is 84.5 Å². The molecule has 0 heterocycles. The minimum atomic E-state index is -2.90. The van der Waals surface area contributed by atoms with E-state index in [-0.39, 0.29) is 11.7 Å². The zero-order valence-corrected chi connectivity index (χ0v) is 7.48. The number of hydrogen-bond donors (Lipinski definition) is 2. The molecular weight excluding hydrogens is 166 g/mol. The lowest BCUT2D eigenvalue weighted by atomic mass is 10.7. The van der Waals surface area contributed by atoms with Gasteiger partial charge in [-0.05, 0) is 0 Å². The summed E-state index contributed by atoms with van der Waals surface area (Å²) < 4.78 is 21.2. The van der Waals surface area contributed by atoms with Gasteiger partial charge < -0.3 is 11.1 Å². The Morgan fingerprint density at radius 2 is 2.18 bits per heavy atom. The van der Waals surface area contributed by atoms with Crippen LogP contribution in [0.25, 0.3) is 0 Å².